The highest BCUT2D eigenvalue weighted by atomic mass is 79.9. The van der Waals surface area contributed by atoms with Gasteiger partial charge in [-0.2, -0.15) is 0 Å². The summed E-state index contributed by atoms with van der Waals surface area (Å²) >= 11 is 4.82. The largest absolute Gasteiger partial charge is 0.324 e. The maximum Gasteiger partial charge on any atom is 0.234 e. The average Bonchev–Trinajstić information content (AvgIpc) is 3.18. The van der Waals surface area contributed by atoms with Gasteiger partial charge in [0.05, 0.1) is 11.4 Å². The van der Waals surface area contributed by atoms with Crippen LogP contribution in [0.1, 0.15) is 43.0 Å². The van der Waals surface area contributed by atoms with Crippen LogP contribution in [0.3, 0.4) is 0 Å². The summed E-state index contributed by atoms with van der Waals surface area (Å²) < 4.78 is 0.886. The van der Waals surface area contributed by atoms with Crippen LogP contribution in [0, 0.1) is 6.92 Å². The number of H-pyrrole nitrogens is 1. The van der Waals surface area contributed by atoms with Crippen molar-refractivity contribution in [2.24, 2.45) is 0 Å². The molecule has 2 N–H and O–H groups in total. The third kappa shape index (κ3) is 4.35. The first-order valence-electron chi connectivity index (χ1n) is 7.73. The Bertz CT molecular complexity index is 697. The Morgan fingerprint density at radius 3 is 2.96 bits per heavy atom. The van der Waals surface area contributed by atoms with E-state index < -0.39 is 0 Å². The van der Waals surface area contributed by atoms with Gasteiger partial charge < -0.3 is 5.32 Å². The second-order valence-electron chi connectivity index (χ2n) is 5.80. The second kappa shape index (κ2) is 7.49. The summed E-state index contributed by atoms with van der Waals surface area (Å²) in [7, 11) is 0. The van der Waals surface area contributed by atoms with E-state index in [1.807, 2.05) is 25.1 Å². The van der Waals surface area contributed by atoms with Crippen molar-refractivity contribution in [3.8, 4) is 0 Å². The molecule has 23 heavy (non-hydrogen) atoms. The summed E-state index contributed by atoms with van der Waals surface area (Å²) in [6.45, 7) is 2.01. The number of anilines is 1. The molecule has 0 bridgehead atoms. The maximum atomic E-state index is 12.1. The molecule has 2 aromatic rings. The maximum absolute atomic E-state index is 12.1. The SMILES string of the molecule is Cc1ccc(NC(=O)CSc2n[nH]c(C3CCCC3)n2)c(Br)c1. The first-order valence-corrected chi connectivity index (χ1v) is 9.51. The van der Waals surface area contributed by atoms with E-state index in [1.165, 1.54) is 37.4 Å². The highest BCUT2D eigenvalue weighted by Gasteiger charge is 2.20. The number of nitrogens with one attached hydrogen (secondary N) is 2. The Balaban J connectivity index is 1.52. The summed E-state index contributed by atoms with van der Waals surface area (Å²) in [5.74, 6) is 1.70. The predicted molar refractivity (Wildman–Crippen MR) is 95.8 cm³/mol. The molecule has 0 spiro atoms. The molecule has 1 aliphatic rings. The minimum Gasteiger partial charge on any atom is -0.324 e. The topological polar surface area (TPSA) is 70.7 Å². The molecule has 1 saturated carbocycles. The van der Waals surface area contributed by atoms with Gasteiger partial charge in [0, 0.05) is 10.4 Å². The first-order chi connectivity index (χ1) is 11.1. The highest BCUT2D eigenvalue weighted by Crippen LogP contribution is 2.32. The molecule has 0 atom stereocenters. The van der Waals surface area contributed by atoms with Gasteiger partial charge in [0.2, 0.25) is 11.1 Å². The number of thioether (sulfide) groups is 1. The molecule has 5 nitrogen and oxygen atoms in total. The molecule has 1 fully saturated rings. The number of hydrogen-bond donors (Lipinski definition) is 2. The van der Waals surface area contributed by atoms with Gasteiger partial charge in [-0.1, -0.05) is 30.7 Å². The number of benzene rings is 1. The van der Waals surface area contributed by atoms with Crippen molar-refractivity contribution in [3.63, 3.8) is 0 Å². The van der Waals surface area contributed by atoms with E-state index in [0.717, 1.165) is 21.5 Å². The van der Waals surface area contributed by atoms with Crippen LogP contribution in [0.2, 0.25) is 0 Å². The van der Waals surface area contributed by atoms with Gasteiger partial charge in [-0.15, -0.1) is 5.10 Å². The Morgan fingerprint density at radius 1 is 1.43 bits per heavy atom. The molecule has 1 aromatic carbocycles. The van der Waals surface area contributed by atoms with Gasteiger partial charge in [-0.05, 0) is 53.4 Å². The van der Waals surface area contributed by atoms with Crippen LogP contribution in [-0.4, -0.2) is 26.8 Å². The lowest BCUT2D eigenvalue weighted by molar-refractivity contribution is -0.113. The van der Waals surface area contributed by atoms with E-state index in [-0.39, 0.29) is 5.91 Å². The minimum atomic E-state index is -0.0632. The summed E-state index contributed by atoms with van der Waals surface area (Å²) in [6.07, 6.45) is 4.89. The molecular formula is C16H19BrN4OS. The van der Waals surface area contributed by atoms with Crippen molar-refractivity contribution in [1.29, 1.82) is 0 Å². The van der Waals surface area contributed by atoms with Crippen molar-refractivity contribution in [2.45, 2.75) is 43.7 Å². The molecule has 1 heterocycles. The van der Waals surface area contributed by atoms with Gasteiger partial charge in [-0.25, -0.2) is 4.98 Å². The number of nitrogens with zero attached hydrogens (tertiary/aromatic N) is 2. The number of halogens is 1. The number of hydrogen-bond acceptors (Lipinski definition) is 4. The molecule has 0 aliphatic heterocycles. The molecule has 3 rings (SSSR count). The summed E-state index contributed by atoms with van der Waals surface area (Å²) in [5, 5.41) is 10.8. The van der Waals surface area contributed by atoms with E-state index in [9.17, 15) is 4.79 Å². The quantitative estimate of drug-likeness (QED) is 0.742. The van der Waals surface area contributed by atoms with Crippen molar-refractivity contribution in [2.75, 3.05) is 11.1 Å². The van der Waals surface area contributed by atoms with Gasteiger partial charge >= 0.3 is 0 Å². The molecule has 7 heteroatoms. The van der Waals surface area contributed by atoms with E-state index in [0.29, 0.717) is 16.8 Å². The third-order valence-electron chi connectivity index (χ3n) is 3.96. The van der Waals surface area contributed by atoms with Crippen LogP contribution in [-0.2, 0) is 4.79 Å². The molecule has 0 saturated heterocycles. The summed E-state index contributed by atoms with van der Waals surface area (Å²) in [5.41, 5.74) is 1.92. The molecule has 0 unspecified atom stereocenters. The van der Waals surface area contributed by atoms with Gasteiger partial charge in [0.25, 0.3) is 0 Å². The monoisotopic (exact) mass is 394 g/mol. The zero-order valence-electron chi connectivity index (χ0n) is 12.9. The predicted octanol–water partition coefficient (Wildman–Crippen LogP) is 4.26. The van der Waals surface area contributed by atoms with Gasteiger partial charge in [0.15, 0.2) is 0 Å². The van der Waals surface area contributed by atoms with Crippen LogP contribution in [0.25, 0.3) is 0 Å². The fourth-order valence-corrected chi connectivity index (χ4v) is 3.94. The lowest BCUT2D eigenvalue weighted by atomic mass is 10.1. The number of carbonyl (C=O) groups is 1. The van der Waals surface area contributed by atoms with Crippen LogP contribution in [0.15, 0.2) is 27.8 Å². The number of aryl methyl sites for hydroxylation is 1. The zero-order chi connectivity index (χ0) is 16.2. The molecule has 1 amide bonds. The minimum absolute atomic E-state index is 0.0632. The average molecular weight is 395 g/mol. The number of aromatic nitrogens is 3. The van der Waals surface area contributed by atoms with E-state index in [4.69, 9.17) is 0 Å². The fourth-order valence-electron chi connectivity index (χ4n) is 2.74. The van der Waals surface area contributed by atoms with E-state index in [2.05, 4.69) is 36.4 Å². The molecule has 0 radical (unpaired) electrons. The second-order valence-corrected chi connectivity index (χ2v) is 7.60. The van der Waals surface area contributed by atoms with Crippen molar-refractivity contribution < 1.29 is 4.79 Å². The van der Waals surface area contributed by atoms with Gasteiger partial charge in [0.1, 0.15) is 5.82 Å². The Hall–Kier alpha value is -1.34. The standard InChI is InChI=1S/C16H19BrN4OS/c1-10-6-7-13(12(17)8-10)18-14(22)9-23-16-19-15(20-21-16)11-4-2-3-5-11/h6-8,11H,2-5,9H2,1H3,(H,18,22)(H,19,20,21). The molecule has 1 aliphatic carbocycles. The fraction of sp³-hybridized carbons (Fsp3) is 0.438. The lowest BCUT2D eigenvalue weighted by Crippen LogP contribution is -2.14. The Kier molecular flexibility index (Phi) is 5.38. The number of rotatable bonds is 5. The van der Waals surface area contributed by atoms with Gasteiger partial charge in [-0.3, -0.25) is 9.89 Å². The number of aromatic amines is 1. The summed E-state index contributed by atoms with van der Waals surface area (Å²) in [6, 6.07) is 5.84. The number of amides is 1. The van der Waals surface area contributed by atoms with Crippen LogP contribution in [0.4, 0.5) is 5.69 Å². The zero-order valence-corrected chi connectivity index (χ0v) is 15.3. The first kappa shape index (κ1) is 16.5. The van der Waals surface area contributed by atoms with Crippen molar-refractivity contribution in [1.82, 2.24) is 15.2 Å². The molecular weight excluding hydrogens is 376 g/mol. The van der Waals surface area contributed by atoms with Crippen molar-refractivity contribution in [3.05, 3.63) is 34.1 Å². The number of carbonyl (C=O) groups excluding carboxylic acids is 1. The van der Waals surface area contributed by atoms with Crippen LogP contribution < -0.4 is 5.32 Å². The molecule has 122 valence electrons. The normalized spacial score (nSPS) is 15.0. The highest BCUT2D eigenvalue weighted by molar-refractivity contribution is 9.10. The smallest absolute Gasteiger partial charge is 0.234 e. The van der Waals surface area contributed by atoms with Crippen molar-refractivity contribution >= 4 is 39.3 Å². The van der Waals surface area contributed by atoms with E-state index >= 15 is 0 Å². The Labute approximate surface area is 148 Å². The lowest BCUT2D eigenvalue weighted by Gasteiger charge is -2.07. The van der Waals surface area contributed by atoms with Crippen LogP contribution in [0.5, 0.6) is 0 Å². The Morgan fingerprint density at radius 2 is 2.22 bits per heavy atom. The molecule has 1 aromatic heterocycles. The summed E-state index contributed by atoms with van der Waals surface area (Å²) in [4.78, 5) is 16.6. The third-order valence-corrected chi connectivity index (χ3v) is 5.46. The van der Waals surface area contributed by atoms with E-state index in [1.54, 1.807) is 0 Å². The van der Waals surface area contributed by atoms with Crippen LogP contribution >= 0.6 is 27.7 Å².